The lowest BCUT2D eigenvalue weighted by Gasteiger charge is -2.38. The van der Waals surface area contributed by atoms with Gasteiger partial charge in [0, 0.05) is 32.7 Å². The quantitative estimate of drug-likeness (QED) is 0.720. The van der Waals surface area contributed by atoms with E-state index in [-0.39, 0.29) is 18.0 Å². The zero-order valence-electron chi connectivity index (χ0n) is 19.5. The van der Waals surface area contributed by atoms with E-state index in [1.165, 1.54) is 16.7 Å². The van der Waals surface area contributed by atoms with Crippen molar-refractivity contribution < 1.29 is 14.3 Å². The number of ether oxygens (including phenoxy) is 2. The summed E-state index contributed by atoms with van der Waals surface area (Å²) < 4.78 is 10.8. The molecule has 32 heavy (non-hydrogen) atoms. The lowest BCUT2D eigenvalue weighted by atomic mass is 9.87. The minimum Gasteiger partial charge on any atom is -0.493 e. The van der Waals surface area contributed by atoms with Crippen LogP contribution in [0, 0.1) is 0 Å². The number of methoxy groups -OCH3 is 2. The first-order chi connectivity index (χ1) is 15.6. The van der Waals surface area contributed by atoms with Crippen LogP contribution in [-0.4, -0.2) is 62.1 Å². The molecule has 4 rings (SSSR count). The molecule has 0 radical (unpaired) electrons. The van der Waals surface area contributed by atoms with E-state index in [0.29, 0.717) is 0 Å². The highest BCUT2D eigenvalue weighted by Gasteiger charge is 2.28. The van der Waals surface area contributed by atoms with Gasteiger partial charge in [-0.2, -0.15) is 0 Å². The van der Waals surface area contributed by atoms with Crippen molar-refractivity contribution in [2.75, 3.05) is 40.4 Å². The topological polar surface area (TPSA) is 54.0 Å². The van der Waals surface area contributed by atoms with Crippen LogP contribution in [0.2, 0.25) is 0 Å². The molecule has 172 valence electrons. The monoisotopic (exact) mass is 437 g/mol. The Morgan fingerprint density at radius 3 is 2.56 bits per heavy atom. The summed E-state index contributed by atoms with van der Waals surface area (Å²) >= 11 is 0. The van der Waals surface area contributed by atoms with E-state index in [2.05, 4.69) is 45.4 Å². The van der Waals surface area contributed by atoms with Crippen LogP contribution in [-0.2, 0) is 17.8 Å². The fraction of sp³-hybridized carbons (Fsp3) is 0.500. The van der Waals surface area contributed by atoms with E-state index >= 15 is 0 Å². The van der Waals surface area contributed by atoms with Gasteiger partial charge in [-0.25, -0.2) is 0 Å². The lowest BCUT2D eigenvalue weighted by Crippen LogP contribution is -2.54. The molecule has 0 bridgehead atoms. The third-order valence-electron chi connectivity index (χ3n) is 6.87. The molecule has 1 aliphatic carbocycles. The third kappa shape index (κ3) is 5.08. The minimum atomic E-state index is -0.118. The molecule has 1 fully saturated rings. The van der Waals surface area contributed by atoms with E-state index in [9.17, 15) is 4.79 Å². The highest BCUT2D eigenvalue weighted by Crippen LogP contribution is 2.30. The second kappa shape index (κ2) is 10.4. The Hall–Kier alpha value is -2.57. The van der Waals surface area contributed by atoms with Crippen molar-refractivity contribution >= 4 is 5.91 Å². The van der Waals surface area contributed by atoms with Crippen molar-refractivity contribution in [3.63, 3.8) is 0 Å². The van der Waals surface area contributed by atoms with Crippen molar-refractivity contribution in [2.45, 2.75) is 44.8 Å². The summed E-state index contributed by atoms with van der Waals surface area (Å²) in [5, 5.41) is 3.33. The van der Waals surface area contributed by atoms with Crippen molar-refractivity contribution in [1.82, 2.24) is 15.1 Å². The highest BCUT2D eigenvalue weighted by molar-refractivity contribution is 5.81. The Balaban J connectivity index is 1.29. The number of carbonyl (C=O) groups excluding carboxylic acids is 1. The second-order valence-electron chi connectivity index (χ2n) is 8.83. The number of amides is 1. The van der Waals surface area contributed by atoms with Gasteiger partial charge in [-0.3, -0.25) is 14.6 Å². The van der Waals surface area contributed by atoms with Crippen LogP contribution in [0.3, 0.4) is 0 Å². The summed E-state index contributed by atoms with van der Waals surface area (Å²) in [6.07, 6.45) is 3.26. The van der Waals surface area contributed by atoms with Gasteiger partial charge >= 0.3 is 0 Å². The summed E-state index contributed by atoms with van der Waals surface area (Å²) in [5.41, 5.74) is 3.87. The third-order valence-corrected chi connectivity index (χ3v) is 6.87. The number of nitrogens with zero attached hydrogens (tertiary/aromatic N) is 2. The second-order valence-corrected chi connectivity index (χ2v) is 8.83. The number of hydrogen-bond donors (Lipinski definition) is 1. The van der Waals surface area contributed by atoms with Gasteiger partial charge in [-0.1, -0.05) is 30.3 Å². The van der Waals surface area contributed by atoms with Crippen LogP contribution in [0.1, 0.15) is 42.5 Å². The molecule has 1 aliphatic heterocycles. The SMILES string of the molecule is COc1ccc(CN2CCN([C@H](C)C(=O)N[C@H]3CCCc4ccccc43)CC2)cc1OC. The van der Waals surface area contributed by atoms with Crippen molar-refractivity contribution in [3.05, 3.63) is 59.2 Å². The van der Waals surface area contributed by atoms with Crippen LogP contribution in [0.4, 0.5) is 0 Å². The Kier molecular flexibility index (Phi) is 7.33. The molecular formula is C26H35N3O3. The molecule has 0 saturated carbocycles. The Bertz CT molecular complexity index is 924. The number of hydrogen-bond acceptors (Lipinski definition) is 5. The number of carbonyl (C=O) groups is 1. The molecule has 6 nitrogen and oxygen atoms in total. The summed E-state index contributed by atoms with van der Waals surface area (Å²) in [7, 11) is 3.32. The van der Waals surface area contributed by atoms with Crippen LogP contribution in [0.5, 0.6) is 11.5 Å². The molecule has 1 amide bonds. The Morgan fingerprint density at radius 2 is 1.81 bits per heavy atom. The van der Waals surface area contributed by atoms with E-state index in [1.807, 2.05) is 19.1 Å². The molecule has 1 saturated heterocycles. The van der Waals surface area contributed by atoms with Gasteiger partial charge in [0.05, 0.1) is 26.3 Å². The number of fused-ring (bicyclic) bond motifs is 1. The van der Waals surface area contributed by atoms with E-state index in [1.54, 1.807) is 14.2 Å². The van der Waals surface area contributed by atoms with Gasteiger partial charge in [-0.05, 0) is 55.0 Å². The molecule has 0 unspecified atom stereocenters. The van der Waals surface area contributed by atoms with E-state index in [0.717, 1.165) is 63.5 Å². The average Bonchev–Trinajstić information content (AvgIpc) is 2.84. The van der Waals surface area contributed by atoms with Crippen molar-refractivity contribution in [3.8, 4) is 11.5 Å². The number of benzene rings is 2. The maximum Gasteiger partial charge on any atom is 0.237 e. The standard InChI is InChI=1S/C26H35N3O3/c1-19(26(30)27-23-10-6-8-21-7-4-5-9-22(21)23)29-15-13-28(14-16-29)18-20-11-12-24(31-2)25(17-20)32-3/h4-5,7,9,11-12,17,19,23H,6,8,10,13-16,18H2,1-3H3,(H,27,30)/t19-,23+/m1/s1. The molecular weight excluding hydrogens is 402 g/mol. The first-order valence-electron chi connectivity index (χ1n) is 11.6. The van der Waals surface area contributed by atoms with Gasteiger partial charge in [0.2, 0.25) is 5.91 Å². The Morgan fingerprint density at radius 1 is 1.06 bits per heavy atom. The Labute approximate surface area is 191 Å². The summed E-state index contributed by atoms with van der Waals surface area (Å²) in [6, 6.07) is 14.6. The molecule has 1 N–H and O–H groups in total. The molecule has 1 heterocycles. The zero-order valence-corrected chi connectivity index (χ0v) is 19.5. The first-order valence-corrected chi connectivity index (χ1v) is 11.6. The van der Waals surface area contributed by atoms with Crippen molar-refractivity contribution in [2.24, 2.45) is 0 Å². The van der Waals surface area contributed by atoms with Gasteiger partial charge in [0.25, 0.3) is 0 Å². The summed E-state index contributed by atoms with van der Waals surface area (Å²) in [6.45, 7) is 6.57. The van der Waals surface area contributed by atoms with Gasteiger partial charge < -0.3 is 14.8 Å². The normalized spacial score (nSPS) is 20.3. The van der Waals surface area contributed by atoms with E-state index in [4.69, 9.17) is 9.47 Å². The molecule has 0 aromatic heterocycles. The smallest absolute Gasteiger partial charge is 0.237 e. The zero-order chi connectivity index (χ0) is 22.5. The van der Waals surface area contributed by atoms with Crippen LogP contribution < -0.4 is 14.8 Å². The number of aryl methyl sites for hydroxylation is 1. The van der Waals surface area contributed by atoms with Gasteiger partial charge in [0.1, 0.15) is 0 Å². The minimum absolute atomic E-state index is 0.118. The maximum atomic E-state index is 13.0. The molecule has 2 aromatic rings. The average molecular weight is 438 g/mol. The van der Waals surface area contributed by atoms with Gasteiger partial charge in [0.15, 0.2) is 11.5 Å². The largest absolute Gasteiger partial charge is 0.493 e. The van der Waals surface area contributed by atoms with Crippen LogP contribution in [0.25, 0.3) is 0 Å². The van der Waals surface area contributed by atoms with Crippen LogP contribution >= 0.6 is 0 Å². The first kappa shape index (κ1) is 22.6. The fourth-order valence-electron chi connectivity index (χ4n) is 4.91. The van der Waals surface area contributed by atoms with Crippen LogP contribution in [0.15, 0.2) is 42.5 Å². The van der Waals surface area contributed by atoms with E-state index < -0.39 is 0 Å². The maximum absolute atomic E-state index is 13.0. The number of nitrogens with one attached hydrogen (secondary N) is 1. The predicted octanol–water partition coefficient (Wildman–Crippen LogP) is 3.40. The summed E-state index contributed by atoms with van der Waals surface area (Å²) in [5.74, 6) is 1.65. The van der Waals surface area contributed by atoms with Crippen molar-refractivity contribution in [1.29, 1.82) is 0 Å². The summed E-state index contributed by atoms with van der Waals surface area (Å²) in [4.78, 5) is 17.8. The molecule has 2 aromatic carbocycles. The molecule has 0 spiro atoms. The molecule has 6 heteroatoms. The van der Waals surface area contributed by atoms with Gasteiger partial charge in [-0.15, -0.1) is 0 Å². The number of piperazine rings is 1. The predicted molar refractivity (Wildman–Crippen MR) is 126 cm³/mol. The fourth-order valence-corrected chi connectivity index (χ4v) is 4.91. The number of rotatable bonds is 7. The lowest BCUT2D eigenvalue weighted by molar-refractivity contribution is -0.127. The highest BCUT2D eigenvalue weighted by atomic mass is 16.5. The molecule has 2 aliphatic rings. The molecule has 2 atom stereocenters.